The molecule has 1 aliphatic rings. The van der Waals surface area contributed by atoms with E-state index in [1.807, 2.05) is 0 Å². The molecular weight excluding hydrogens is 228 g/mol. The first-order valence-electron chi connectivity index (χ1n) is 6.44. The molecule has 0 aromatic heterocycles. The number of hydrogen-bond acceptors (Lipinski definition) is 3. The van der Waals surface area contributed by atoms with Crippen molar-refractivity contribution in [1.82, 2.24) is 0 Å². The minimum Gasteiger partial charge on any atom is -0.392 e. The first-order chi connectivity index (χ1) is 8.64. The van der Waals surface area contributed by atoms with Gasteiger partial charge in [-0.05, 0) is 30.5 Å². The number of aliphatic hydroxyl groups is 1. The summed E-state index contributed by atoms with van der Waals surface area (Å²) in [4.78, 5) is 12.2. The van der Waals surface area contributed by atoms with Crippen LogP contribution in [0.4, 0.5) is 5.69 Å². The summed E-state index contributed by atoms with van der Waals surface area (Å²) in [5.41, 5.74) is 7.00. The molecule has 4 N–H and O–H groups in total. The lowest BCUT2D eigenvalue weighted by Gasteiger charge is -2.31. The number of aliphatic hydroxyl groups excluding tert-OH is 1. The Balaban J connectivity index is 2.01. The van der Waals surface area contributed by atoms with Gasteiger partial charge in [0.05, 0.1) is 12.1 Å². The SMILES string of the molecule is NC1(C(=O)Nc2ccc(CO)cc2)CCCCC1. The summed E-state index contributed by atoms with van der Waals surface area (Å²) in [6, 6.07) is 7.16. The predicted octanol–water partition coefficient (Wildman–Crippen LogP) is 1.78. The van der Waals surface area contributed by atoms with Crippen molar-refractivity contribution in [3.8, 4) is 0 Å². The Morgan fingerprint density at radius 1 is 1.22 bits per heavy atom. The van der Waals surface area contributed by atoms with Crippen LogP contribution >= 0.6 is 0 Å². The maximum atomic E-state index is 12.2. The van der Waals surface area contributed by atoms with Gasteiger partial charge in [-0.3, -0.25) is 4.79 Å². The van der Waals surface area contributed by atoms with E-state index in [-0.39, 0.29) is 12.5 Å². The maximum Gasteiger partial charge on any atom is 0.244 e. The summed E-state index contributed by atoms with van der Waals surface area (Å²) in [7, 11) is 0. The van der Waals surface area contributed by atoms with Crippen LogP contribution < -0.4 is 11.1 Å². The molecule has 18 heavy (non-hydrogen) atoms. The summed E-state index contributed by atoms with van der Waals surface area (Å²) < 4.78 is 0. The number of carbonyl (C=O) groups is 1. The average Bonchev–Trinajstić information content (AvgIpc) is 2.40. The molecule has 4 heteroatoms. The Kier molecular flexibility index (Phi) is 3.99. The van der Waals surface area contributed by atoms with Crippen molar-refractivity contribution >= 4 is 11.6 Å². The van der Waals surface area contributed by atoms with E-state index >= 15 is 0 Å². The van der Waals surface area contributed by atoms with Crippen LogP contribution in [0.3, 0.4) is 0 Å². The fourth-order valence-electron chi connectivity index (χ4n) is 2.36. The zero-order chi connectivity index (χ0) is 13.0. The van der Waals surface area contributed by atoms with Crippen molar-refractivity contribution in [2.75, 3.05) is 5.32 Å². The molecule has 0 unspecified atom stereocenters. The Bertz CT molecular complexity index is 408. The van der Waals surface area contributed by atoms with Crippen molar-refractivity contribution < 1.29 is 9.90 Å². The van der Waals surface area contributed by atoms with E-state index in [0.29, 0.717) is 0 Å². The van der Waals surface area contributed by atoms with Gasteiger partial charge in [0.2, 0.25) is 5.91 Å². The molecule has 1 fully saturated rings. The molecule has 1 aliphatic carbocycles. The lowest BCUT2D eigenvalue weighted by Crippen LogP contribution is -2.52. The summed E-state index contributed by atoms with van der Waals surface area (Å²) in [6.45, 7) is 0.00898. The van der Waals surface area contributed by atoms with Gasteiger partial charge in [-0.15, -0.1) is 0 Å². The fraction of sp³-hybridized carbons (Fsp3) is 0.500. The molecule has 98 valence electrons. The number of carbonyl (C=O) groups excluding carboxylic acids is 1. The van der Waals surface area contributed by atoms with Crippen LogP contribution in [0.2, 0.25) is 0 Å². The zero-order valence-electron chi connectivity index (χ0n) is 10.5. The van der Waals surface area contributed by atoms with Gasteiger partial charge in [0.25, 0.3) is 0 Å². The number of rotatable bonds is 3. The zero-order valence-corrected chi connectivity index (χ0v) is 10.5. The van der Waals surface area contributed by atoms with Crippen LogP contribution in [0.15, 0.2) is 24.3 Å². The van der Waals surface area contributed by atoms with Crippen molar-refractivity contribution in [2.45, 2.75) is 44.2 Å². The Hall–Kier alpha value is -1.39. The van der Waals surface area contributed by atoms with Crippen LogP contribution in [-0.4, -0.2) is 16.6 Å². The molecule has 0 bridgehead atoms. The van der Waals surface area contributed by atoms with Crippen molar-refractivity contribution in [1.29, 1.82) is 0 Å². The minimum absolute atomic E-state index is 0.00898. The molecule has 0 heterocycles. The standard InChI is InChI=1S/C14H20N2O2/c15-14(8-2-1-3-9-14)13(18)16-12-6-4-11(10-17)5-7-12/h4-7,17H,1-3,8-10,15H2,(H,16,18). The third-order valence-corrected chi connectivity index (χ3v) is 3.59. The van der Waals surface area contributed by atoms with E-state index in [1.54, 1.807) is 24.3 Å². The van der Waals surface area contributed by atoms with Crippen LogP contribution in [0, 0.1) is 0 Å². The molecule has 1 saturated carbocycles. The smallest absolute Gasteiger partial charge is 0.244 e. The summed E-state index contributed by atoms with van der Waals surface area (Å²) in [5, 5.41) is 11.8. The number of hydrogen-bond donors (Lipinski definition) is 3. The van der Waals surface area contributed by atoms with Gasteiger partial charge >= 0.3 is 0 Å². The number of benzene rings is 1. The first kappa shape index (κ1) is 13.1. The quantitative estimate of drug-likeness (QED) is 0.763. The third-order valence-electron chi connectivity index (χ3n) is 3.59. The largest absolute Gasteiger partial charge is 0.392 e. The highest BCUT2D eigenvalue weighted by Crippen LogP contribution is 2.27. The fourth-order valence-corrected chi connectivity index (χ4v) is 2.36. The lowest BCUT2D eigenvalue weighted by atomic mass is 9.82. The molecule has 0 aliphatic heterocycles. The van der Waals surface area contributed by atoms with Gasteiger partial charge in [-0.1, -0.05) is 31.4 Å². The second kappa shape index (κ2) is 5.50. The number of amides is 1. The monoisotopic (exact) mass is 248 g/mol. The Morgan fingerprint density at radius 3 is 2.39 bits per heavy atom. The van der Waals surface area contributed by atoms with Crippen molar-refractivity contribution in [3.63, 3.8) is 0 Å². The summed E-state index contributed by atoms with van der Waals surface area (Å²) in [6.07, 6.45) is 4.72. The molecule has 1 aromatic rings. The highest BCUT2D eigenvalue weighted by Gasteiger charge is 2.35. The van der Waals surface area contributed by atoms with E-state index in [9.17, 15) is 4.79 Å². The van der Waals surface area contributed by atoms with Gasteiger partial charge in [0.15, 0.2) is 0 Å². The highest BCUT2D eigenvalue weighted by molar-refractivity contribution is 5.98. The molecule has 1 amide bonds. The van der Waals surface area contributed by atoms with E-state index in [1.165, 1.54) is 0 Å². The van der Waals surface area contributed by atoms with Crippen molar-refractivity contribution in [3.05, 3.63) is 29.8 Å². The number of nitrogens with one attached hydrogen (secondary N) is 1. The highest BCUT2D eigenvalue weighted by atomic mass is 16.3. The minimum atomic E-state index is -0.714. The first-order valence-corrected chi connectivity index (χ1v) is 6.44. The molecule has 0 atom stereocenters. The molecule has 2 rings (SSSR count). The van der Waals surface area contributed by atoms with Crippen LogP contribution in [-0.2, 0) is 11.4 Å². The van der Waals surface area contributed by atoms with Gasteiger partial charge < -0.3 is 16.2 Å². The normalized spacial score (nSPS) is 18.3. The summed E-state index contributed by atoms with van der Waals surface area (Å²) in [5.74, 6) is -0.0982. The van der Waals surface area contributed by atoms with Crippen LogP contribution in [0.1, 0.15) is 37.7 Å². The van der Waals surface area contributed by atoms with E-state index in [2.05, 4.69) is 5.32 Å². The molecule has 0 saturated heterocycles. The Labute approximate surface area is 107 Å². The van der Waals surface area contributed by atoms with Crippen LogP contribution in [0.25, 0.3) is 0 Å². The molecule has 0 radical (unpaired) electrons. The second-order valence-corrected chi connectivity index (χ2v) is 5.03. The maximum absolute atomic E-state index is 12.2. The van der Waals surface area contributed by atoms with E-state index in [0.717, 1.165) is 43.4 Å². The molecule has 4 nitrogen and oxygen atoms in total. The van der Waals surface area contributed by atoms with Gasteiger partial charge in [0.1, 0.15) is 0 Å². The third kappa shape index (κ3) is 2.89. The number of nitrogens with two attached hydrogens (primary N) is 1. The van der Waals surface area contributed by atoms with Crippen LogP contribution in [0.5, 0.6) is 0 Å². The number of anilines is 1. The molecule has 1 aromatic carbocycles. The van der Waals surface area contributed by atoms with Crippen molar-refractivity contribution in [2.24, 2.45) is 5.73 Å². The van der Waals surface area contributed by atoms with Gasteiger partial charge in [0, 0.05) is 5.69 Å². The molecular formula is C14H20N2O2. The van der Waals surface area contributed by atoms with Gasteiger partial charge in [-0.2, -0.15) is 0 Å². The lowest BCUT2D eigenvalue weighted by molar-refractivity contribution is -0.122. The van der Waals surface area contributed by atoms with E-state index in [4.69, 9.17) is 10.8 Å². The second-order valence-electron chi connectivity index (χ2n) is 5.03. The topological polar surface area (TPSA) is 75.4 Å². The van der Waals surface area contributed by atoms with E-state index < -0.39 is 5.54 Å². The Morgan fingerprint density at radius 2 is 1.83 bits per heavy atom. The predicted molar refractivity (Wildman–Crippen MR) is 71.0 cm³/mol. The molecule has 0 spiro atoms. The average molecular weight is 248 g/mol. The van der Waals surface area contributed by atoms with Gasteiger partial charge in [-0.25, -0.2) is 0 Å². The summed E-state index contributed by atoms with van der Waals surface area (Å²) >= 11 is 0.